The van der Waals surface area contributed by atoms with E-state index in [2.05, 4.69) is 4.90 Å². The van der Waals surface area contributed by atoms with Crippen molar-refractivity contribution in [2.24, 2.45) is 0 Å². The second kappa shape index (κ2) is 5.11. The lowest BCUT2D eigenvalue weighted by atomic mass is 10.0. The molecule has 1 aromatic rings. The van der Waals surface area contributed by atoms with Crippen LogP contribution in [0, 0.1) is 0 Å². The zero-order valence-electron chi connectivity index (χ0n) is 9.54. The highest BCUT2D eigenvalue weighted by Gasteiger charge is 2.17. The number of benzene rings is 1. The summed E-state index contributed by atoms with van der Waals surface area (Å²) < 4.78 is 0. The van der Waals surface area contributed by atoms with Gasteiger partial charge in [-0.05, 0) is 23.8 Å². The molecule has 1 saturated heterocycles. The van der Waals surface area contributed by atoms with E-state index in [1.54, 1.807) is 6.07 Å². The monoisotopic (exact) mass is 269 g/mol. The van der Waals surface area contributed by atoms with Gasteiger partial charge in [0.2, 0.25) is 0 Å². The van der Waals surface area contributed by atoms with Gasteiger partial charge in [-0.25, -0.2) is 0 Å². The van der Waals surface area contributed by atoms with E-state index in [1.165, 1.54) is 0 Å². The van der Waals surface area contributed by atoms with E-state index < -0.39 is 0 Å². The average Bonchev–Trinajstić information content (AvgIpc) is 2.29. The molecule has 1 fully saturated rings. The largest absolute Gasteiger partial charge is 0.377 e. The molecule has 4 heteroatoms. The summed E-state index contributed by atoms with van der Waals surface area (Å²) in [5, 5.41) is 1.08. The Morgan fingerprint density at radius 2 is 2.06 bits per heavy atom. The smallest absolute Gasteiger partial charge is 0.140 e. The lowest BCUT2D eigenvalue weighted by Crippen LogP contribution is -2.28. The summed E-state index contributed by atoms with van der Waals surface area (Å²) in [6.07, 6.45) is 3.12. The van der Waals surface area contributed by atoms with E-state index in [1.807, 2.05) is 25.3 Å². The summed E-state index contributed by atoms with van der Waals surface area (Å²) in [6, 6.07) is 5.47. The zero-order valence-corrected chi connectivity index (χ0v) is 11.1. The molecule has 0 aliphatic carbocycles. The minimum atomic E-state index is 0.286. The summed E-state index contributed by atoms with van der Waals surface area (Å²) in [6.45, 7) is 0.784. The third kappa shape index (κ3) is 3.02. The van der Waals surface area contributed by atoms with Crippen molar-refractivity contribution in [3.63, 3.8) is 0 Å². The van der Waals surface area contributed by atoms with Crippen LogP contribution < -0.4 is 0 Å². The number of allylic oxidation sites excluding steroid dienone is 1. The molecule has 0 saturated carbocycles. The SMILES string of the molecule is CN1CCC(=O)C/C1=C\c1ccc(Cl)c(Cl)c1. The van der Waals surface area contributed by atoms with E-state index in [4.69, 9.17) is 23.2 Å². The summed E-state index contributed by atoms with van der Waals surface area (Å²) in [7, 11) is 2.00. The van der Waals surface area contributed by atoms with E-state index >= 15 is 0 Å². The fourth-order valence-electron chi connectivity index (χ4n) is 1.82. The van der Waals surface area contributed by atoms with E-state index in [0.29, 0.717) is 22.9 Å². The topological polar surface area (TPSA) is 20.3 Å². The molecule has 17 heavy (non-hydrogen) atoms. The second-order valence-corrected chi connectivity index (χ2v) is 5.01. The van der Waals surface area contributed by atoms with Crippen molar-refractivity contribution in [3.05, 3.63) is 39.5 Å². The first-order valence-corrected chi connectivity index (χ1v) is 6.20. The van der Waals surface area contributed by atoms with Gasteiger partial charge in [0.1, 0.15) is 5.78 Å². The van der Waals surface area contributed by atoms with Crippen LogP contribution in [0.3, 0.4) is 0 Å². The predicted molar refractivity (Wildman–Crippen MR) is 71.3 cm³/mol. The van der Waals surface area contributed by atoms with E-state index in [0.717, 1.165) is 17.8 Å². The Morgan fingerprint density at radius 3 is 2.76 bits per heavy atom. The first-order chi connectivity index (χ1) is 8.06. The molecule has 0 radical (unpaired) electrons. The molecule has 0 N–H and O–H groups in total. The molecular weight excluding hydrogens is 257 g/mol. The minimum absolute atomic E-state index is 0.286. The molecule has 1 heterocycles. The Kier molecular flexibility index (Phi) is 3.75. The number of nitrogens with zero attached hydrogens (tertiary/aromatic N) is 1. The number of piperidine rings is 1. The van der Waals surface area contributed by atoms with Crippen molar-refractivity contribution in [1.29, 1.82) is 0 Å². The molecule has 0 atom stereocenters. The third-order valence-electron chi connectivity index (χ3n) is 2.87. The summed E-state index contributed by atoms with van der Waals surface area (Å²) in [5.41, 5.74) is 2.00. The Hall–Kier alpha value is -0.990. The van der Waals surface area contributed by atoms with Gasteiger partial charge in [0.05, 0.1) is 10.0 Å². The minimum Gasteiger partial charge on any atom is -0.377 e. The highest BCUT2D eigenvalue weighted by Crippen LogP contribution is 2.25. The number of carbonyl (C=O) groups excluding carboxylic acids is 1. The van der Waals surface area contributed by atoms with Gasteiger partial charge in [-0.2, -0.15) is 0 Å². The number of halogens is 2. The van der Waals surface area contributed by atoms with Crippen LogP contribution in [0.1, 0.15) is 18.4 Å². The molecule has 1 aromatic carbocycles. The lowest BCUT2D eigenvalue weighted by molar-refractivity contribution is -0.120. The fraction of sp³-hybridized carbons (Fsp3) is 0.308. The molecule has 1 aliphatic rings. The van der Waals surface area contributed by atoms with Gasteiger partial charge in [-0.15, -0.1) is 0 Å². The number of rotatable bonds is 1. The van der Waals surface area contributed by atoms with Gasteiger partial charge in [-0.3, -0.25) is 4.79 Å². The molecule has 0 aromatic heterocycles. The Balaban J connectivity index is 2.27. The van der Waals surface area contributed by atoms with Gasteiger partial charge in [0.25, 0.3) is 0 Å². The highest BCUT2D eigenvalue weighted by atomic mass is 35.5. The van der Waals surface area contributed by atoms with Gasteiger partial charge in [-0.1, -0.05) is 29.3 Å². The van der Waals surface area contributed by atoms with Crippen LogP contribution in [-0.2, 0) is 4.79 Å². The van der Waals surface area contributed by atoms with Gasteiger partial charge in [0, 0.05) is 32.1 Å². The molecular formula is C13H13Cl2NO. The Labute approximate surface area is 111 Å². The maximum absolute atomic E-state index is 11.4. The maximum Gasteiger partial charge on any atom is 0.140 e. The van der Waals surface area contributed by atoms with Crippen LogP contribution in [0.4, 0.5) is 0 Å². The van der Waals surface area contributed by atoms with Gasteiger partial charge >= 0.3 is 0 Å². The van der Waals surface area contributed by atoms with Gasteiger partial charge in [0.15, 0.2) is 0 Å². The Bertz CT molecular complexity index is 482. The predicted octanol–water partition coefficient (Wildman–Crippen LogP) is 3.63. The van der Waals surface area contributed by atoms with Crippen LogP contribution in [0.15, 0.2) is 23.9 Å². The lowest BCUT2D eigenvalue weighted by Gasteiger charge is -2.26. The van der Waals surface area contributed by atoms with Crippen molar-refractivity contribution < 1.29 is 4.79 Å². The number of ketones is 1. The number of hydrogen-bond acceptors (Lipinski definition) is 2. The number of likely N-dealkylation sites (tertiary alicyclic amines) is 1. The standard InChI is InChI=1S/C13H13Cl2NO/c1-16-5-4-11(17)8-10(16)6-9-2-3-12(14)13(15)7-9/h2-3,6-7H,4-5,8H2,1H3/b10-6+. The molecule has 90 valence electrons. The molecule has 1 aliphatic heterocycles. The van der Waals surface area contributed by atoms with Crippen molar-refractivity contribution in [2.75, 3.05) is 13.6 Å². The third-order valence-corrected chi connectivity index (χ3v) is 3.61. The maximum atomic E-state index is 11.4. The molecule has 2 rings (SSSR count). The number of hydrogen-bond donors (Lipinski definition) is 0. The van der Waals surface area contributed by atoms with Crippen LogP contribution in [0.25, 0.3) is 6.08 Å². The fourth-order valence-corrected chi connectivity index (χ4v) is 2.12. The number of carbonyl (C=O) groups is 1. The van der Waals surface area contributed by atoms with Crippen molar-refractivity contribution in [2.45, 2.75) is 12.8 Å². The highest BCUT2D eigenvalue weighted by molar-refractivity contribution is 6.42. The average molecular weight is 270 g/mol. The van der Waals surface area contributed by atoms with Crippen molar-refractivity contribution in [1.82, 2.24) is 4.90 Å². The summed E-state index contributed by atoms with van der Waals surface area (Å²) in [4.78, 5) is 13.5. The molecule has 0 bridgehead atoms. The summed E-state index contributed by atoms with van der Waals surface area (Å²) >= 11 is 11.8. The van der Waals surface area contributed by atoms with Crippen LogP contribution in [0.2, 0.25) is 10.0 Å². The first kappa shape index (κ1) is 12.5. The first-order valence-electron chi connectivity index (χ1n) is 5.45. The second-order valence-electron chi connectivity index (χ2n) is 4.20. The van der Waals surface area contributed by atoms with E-state index in [9.17, 15) is 4.79 Å². The molecule has 2 nitrogen and oxygen atoms in total. The molecule has 0 spiro atoms. The van der Waals surface area contributed by atoms with E-state index in [-0.39, 0.29) is 5.78 Å². The Morgan fingerprint density at radius 1 is 1.29 bits per heavy atom. The number of Topliss-reactive ketones (excluding diaryl/α,β-unsaturated/α-hetero) is 1. The summed E-state index contributed by atoms with van der Waals surface area (Å²) in [5.74, 6) is 0.286. The van der Waals surface area contributed by atoms with Crippen molar-refractivity contribution >= 4 is 35.1 Å². The van der Waals surface area contributed by atoms with Crippen LogP contribution in [0.5, 0.6) is 0 Å². The van der Waals surface area contributed by atoms with Gasteiger partial charge < -0.3 is 4.90 Å². The van der Waals surface area contributed by atoms with Crippen LogP contribution in [-0.4, -0.2) is 24.3 Å². The normalized spacial score (nSPS) is 18.9. The molecule has 0 amide bonds. The quantitative estimate of drug-likeness (QED) is 0.776. The zero-order chi connectivity index (χ0) is 12.4. The molecule has 0 unspecified atom stereocenters. The van der Waals surface area contributed by atoms with Crippen molar-refractivity contribution in [3.8, 4) is 0 Å². The van der Waals surface area contributed by atoms with Crippen LogP contribution >= 0.6 is 23.2 Å².